The third kappa shape index (κ3) is 3.49. The van der Waals surface area contributed by atoms with Gasteiger partial charge < -0.3 is 9.32 Å². The van der Waals surface area contributed by atoms with E-state index in [1.165, 1.54) is 11.0 Å². The van der Waals surface area contributed by atoms with Gasteiger partial charge in [-0.3, -0.25) is 9.59 Å². The monoisotopic (exact) mass is 350 g/mol. The van der Waals surface area contributed by atoms with Gasteiger partial charge in [0.2, 0.25) is 10.0 Å². The molecule has 1 atom stereocenters. The summed E-state index contributed by atoms with van der Waals surface area (Å²) in [5, 5.41) is 5.48. The number of benzene rings is 1. The number of carbonyl (C=O) groups excluding carboxylic acids is 1. The molecule has 1 aromatic carbocycles. The smallest absolute Gasteiger partial charge is 0.289 e. The largest absolute Gasteiger partial charge is 0.451 e. The minimum absolute atomic E-state index is 0.0330. The van der Waals surface area contributed by atoms with E-state index in [2.05, 4.69) is 0 Å². The van der Waals surface area contributed by atoms with Crippen LogP contribution in [0.5, 0.6) is 0 Å². The van der Waals surface area contributed by atoms with E-state index in [1.54, 1.807) is 18.2 Å². The number of nitrogens with two attached hydrogens (primary N) is 1. The standard InChI is InChI=1S/C16H18N2O5S/c1-10-2-3-12-13(19)7-15(23-14(12)6-10)16(20)18-5-4-11(8-18)9-24(17,21)22/h2-3,6-7,11H,4-5,8-9H2,1H3,(H2,17,21,22)/t11-/m1/s1. The van der Waals surface area contributed by atoms with Crippen molar-refractivity contribution in [2.45, 2.75) is 13.3 Å². The molecule has 8 heteroatoms. The maximum absolute atomic E-state index is 12.6. The fourth-order valence-electron chi connectivity index (χ4n) is 3.01. The molecule has 2 N–H and O–H groups in total. The molecule has 1 aliphatic heterocycles. The van der Waals surface area contributed by atoms with Crippen molar-refractivity contribution in [3.8, 4) is 0 Å². The Labute approximate surface area is 139 Å². The maximum atomic E-state index is 12.6. The van der Waals surface area contributed by atoms with Crippen LogP contribution in [0.25, 0.3) is 11.0 Å². The number of fused-ring (bicyclic) bond motifs is 1. The lowest BCUT2D eigenvalue weighted by Crippen LogP contribution is -2.31. The Hall–Kier alpha value is -2.19. The summed E-state index contributed by atoms with van der Waals surface area (Å²) in [6.45, 7) is 2.56. The quantitative estimate of drug-likeness (QED) is 0.882. The molecule has 1 aromatic heterocycles. The van der Waals surface area contributed by atoms with Gasteiger partial charge in [-0.25, -0.2) is 13.6 Å². The van der Waals surface area contributed by atoms with E-state index in [9.17, 15) is 18.0 Å². The molecular weight excluding hydrogens is 332 g/mol. The molecule has 0 saturated carbocycles. The maximum Gasteiger partial charge on any atom is 0.289 e. The van der Waals surface area contributed by atoms with Gasteiger partial charge in [0.25, 0.3) is 5.91 Å². The van der Waals surface area contributed by atoms with Crippen molar-refractivity contribution in [3.63, 3.8) is 0 Å². The molecule has 2 heterocycles. The second kappa shape index (κ2) is 6.03. The van der Waals surface area contributed by atoms with Crippen molar-refractivity contribution < 1.29 is 17.6 Å². The molecule has 0 aliphatic carbocycles. The second-order valence-corrected chi connectivity index (χ2v) is 7.87. The van der Waals surface area contributed by atoms with E-state index < -0.39 is 15.9 Å². The highest BCUT2D eigenvalue weighted by molar-refractivity contribution is 7.89. The fraction of sp³-hybridized carbons (Fsp3) is 0.375. The van der Waals surface area contributed by atoms with Crippen LogP contribution in [0, 0.1) is 12.8 Å². The van der Waals surface area contributed by atoms with Gasteiger partial charge in [0, 0.05) is 19.2 Å². The molecule has 7 nitrogen and oxygen atoms in total. The number of hydrogen-bond acceptors (Lipinski definition) is 5. The lowest BCUT2D eigenvalue weighted by molar-refractivity contribution is 0.0757. The van der Waals surface area contributed by atoms with Crippen molar-refractivity contribution >= 4 is 26.9 Å². The number of nitrogens with zero attached hydrogens (tertiary/aromatic N) is 1. The van der Waals surface area contributed by atoms with Crippen LogP contribution in [-0.4, -0.2) is 38.1 Å². The molecule has 128 valence electrons. The average Bonchev–Trinajstić information content (AvgIpc) is 2.92. The molecule has 0 radical (unpaired) electrons. The normalized spacial score (nSPS) is 18.2. The summed E-state index contributed by atoms with van der Waals surface area (Å²) >= 11 is 0. The zero-order chi connectivity index (χ0) is 17.5. The van der Waals surface area contributed by atoms with Gasteiger partial charge in [-0.1, -0.05) is 6.07 Å². The number of primary sulfonamides is 1. The molecule has 0 unspecified atom stereocenters. The lowest BCUT2D eigenvalue weighted by Gasteiger charge is -2.15. The van der Waals surface area contributed by atoms with E-state index in [4.69, 9.17) is 9.56 Å². The molecule has 0 spiro atoms. The Morgan fingerprint density at radius 3 is 2.83 bits per heavy atom. The average molecular weight is 350 g/mol. The molecule has 2 aromatic rings. The predicted molar refractivity (Wildman–Crippen MR) is 89.2 cm³/mol. The van der Waals surface area contributed by atoms with Gasteiger partial charge >= 0.3 is 0 Å². The van der Waals surface area contributed by atoms with Crippen LogP contribution in [0.15, 0.2) is 33.5 Å². The first-order valence-corrected chi connectivity index (χ1v) is 9.29. The third-order valence-electron chi connectivity index (χ3n) is 4.14. The van der Waals surface area contributed by atoms with Crippen LogP contribution in [0.2, 0.25) is 0 Å². The summed E-state index contributed by atoms with van der Waals surface area (Å²) < 4.78 is 27.9. The number of carbonyl (C=O) groups is 1. The van der Waals surface area contributed by atoms with E-state index in [-0.39, 0.29) is 29.4 Å². The van der Waals surface area contributed by atoms with Crippen LogP contribution in [0.1, 0.15) is 22.5 Å². The summed E-state index contributed by atoms with van der Waals surface area (Å²) in [5.74, 6) is -0.794. The van der Waals surface area contributed by atoms with Gasteiger partial charge in [0.15, 0.2) is 11.2 Å². The number of sulfonamides is 1. The lowest BCUT2D eigenvalue weighted by atomic mass is 10.1. The fourth-order valence-corrected chi connectivity index (χ4v) is 3.93. The molecule has 3 rings (SSSR count). The number of hydrogen-bond donors (Lipinski definition) is 1. The van der Waals surface area contributed by atoms with Crippen LogP contribution in [0.3, 0.4) is 0 Å². The zero-order valence-electron chi connectivity index (χ0n) is 13.2. The summed E-state index contributed by atoms with van der Waals surface area (Å²) in [6.07, 6.45) is 0.555. The first-order valence-electron chi connectivity index (χ1n) is 7.57. The molecular formula is C16H18N2O5S. The van der Waals surface area contributed by atoms with Crippen LogP contribution >= 0.6 is 0 Å². The summed E-state index contributed by atoms with van der Waals surface area (Å²) in [6, 6.07) is 6.37. The zero-order valence-corrected chi connectivity index (χ0v) is 14.0. The van der Waals surface area contributed by atoms with Crippen LogP contribution < -0.4 is 10.6 Å². The molecule has 1 aliphatic rings. The van der Waals surface area contributed by atoms with Crippen LogP contribution in [0.4, 0.5) is 0 Å². The Kier molecular flexibility index (Phi) is 4.18. The topological polar surface area (TPSA) is 111 Å². The molecule has 1 amide bonds. The van der Waals surface area contributed by atoms with Crippen molar-refractivity contribution in [1.29, 1.82) is 0 Å². The van der Waals surface area contributed by atoms with Crippen molar-refractivity contribution in [3.05, 3.63) is 45.8 Å². The van der Waals surface area contributed by atoms with E-state index in [1.807, 2.05) is 6.92 Å². The number of amides is 1. The number of likely N-dealkylation sites (tertiary alicyclic amines) is 1. The minimum Gasteiger partial charge on any atom is -0.451 e. The summed E-state index contributed by atoms with van der Waals surface area (Å²) in [5.41, 5.74) is 1.01. The first-order chi connectivity index (χ1) is 11.2. The van der Waals surface area contributed by atoms with Crippen molar-refractivity contribution in [2.75, 3.05) is 18.8 Å². The minimum atomic E-state index is -3.57. The highest BCUT2D eigenvalue weighted by Crippen LogP contribution is 2.21. The van der Waals surface area contributed by atoms with Gasteiger partial charge in [-0.15, -0.1) is 0 Å². The number of rotatable bonds is 3. The predicted octanol–water partition coefficient (Wildman–Crippen LogP) is 0.852. The Bertz CT molecular complexity index is 964. The molecule has 1 fully saturated rings. The van der Waals surface area contributed by atoms with Gasteiger partial charge in [-0.05, 0) is 37.0 Å². The van der Waals surface area contributed by atoms with Crippen molar-refractivity contribution in [2.24, 2.45) is 11.1 Å². The Balaban J connectivity index is 1.86. The first kappa shape index (κ1) is 16.7. The molecule has 24 heavy (non-hydrogen) atoms. The van der Waals surface area contributed by atoms with Gasteiger partial charge in [0.1, 0.15) is 5.58 Å². The van der Waals surface area contributed by atoms with E-state index >= 15 is 0 Å². The van der Waals surface area contributed by atoms with Crippen LogP contribution in [-0.2, 0) is 10.0 Å². The Morgan fingerprint density at radius 2 is 2.12 bits per heavy atom. The third-order valence-corrected chi connectivity index (χ3v) is 5.07. The Morgan fingerprint density at radius 1 is 1.38 bits per heavy atom. The molecule has 1 saturated heterocycles. The van der Waals surface area contributed by atoms with Gasteiger partial charge in [0.05, 0.1) is 11.1 Å². The molecule has 0 bridgehead atoms. The highest BCUT2D eigenvalue weighted by atomic mass is 32.2. The summed E-state index contributed by atoms with van der Waals surface area (Å²) in [4.78, 5) is 26.2. The summed E-state index contributed by atoms with van der Waals surface area (Å²) in [7, 11) is -3.57. The van der Waals surface area contributed by atoms with E-state index in [0.29, 0.717) is 23.9 Å². The van der Waals surface area contributed by atoms with E-state index in [0.717, 1.165) is 5.56 Å². The van der Waals surface area contributed by atoms with Crippen molar-refractivity contribution in [1.82, 2.24) is 4.90 Å². The SMILES string of the molecule is Cc1ccc2c(=O)cc(C(=O)N3CC[C@@H](CS(N)(=O)=O)C3)oc2c1. The second-order valence-electron chi connectivity index (χ2n) is 6.21. The highest BCUT2D eigenvalue weighted by Gasteiger charge is 2.30. The number of aryl methyl sites for hydroxylation is 1. The van der Waals surface area contributed by atoms with Gasteiger partial charge in [-0.2, -0.15) is 0 Å².